The summed E-state index contributed by atoms with van der Waals surface area (Å²) in [5, 5.41) is -1.82. The second kappa shape index (κ2) is 7.35. The van der Waals surface area contributed by atoms with E-state index in [1.807, 2.05) is 33.5 Å². The molecule has 0 aromatic rings. The molecule has 0 amide bonds. The Morgan fingerprint density at radius 1 is 1.16 bits per heavy atom. The van der Waals surface area contributed by atoms with Crippen molar-refractivity contribution in [1.82, 2.24) is 0 Å². The second-order valence-corrected chi connectivity index (χ2v) is 14.2. The topological polar surface area (TPSA) is 35.5 Å². The first-order valence-electron chi connectivity index (χ1n) is 7.12. The molecule has 1 unspecified atom stereocenters. The van der Waals surface area contributed by atoms with E-state index in [0.29, 0.717) is 12.3 Å². The average molecular weight is 312 g/mol. The van der Waals surface area contributed by atoms with Crippen molar-refractivity contribution < 1.29 is 18.0 Å². The van der Waals surface area contributed by atoms with Gasteiger partial charge in [0.2, 0.25) is 0 Å². The third-order valence-corrected chi connectivity index (χ3v) is 10.9. The number of alkyl halides is 1. The molecule has 0 aliphatic heterocycles. The Bertz CT molecular complexity index is 308. The fourth-order valence-electron chi connectivity index (χ4n) is 1.98. The van der Waals surface area contributed by atoms with E-state index in [2.05, 4.69) is 0 Å². The molecule has 0 fully saturated rings. The molecule has 0 N–H and O–H groups in total. The molecule has 0 spiro atoms. The van der Waals surface area contributed by atoms with Crippen molar-refractivity contribution in [3.05, 3.63) is 0 Å². The predicted molar refractivity (Wildman–Crippen MR) is 82.1 cm³/mol. The minimum atomic E-state index is -3.72. The molecule has 6 heteroatoms. The van der Waals surface area contributed by atoms with Crippen molar-refractivity contribution in [2.24, 2.45) is 5.92 Å². The van der Waals surface area contributed by atoms with Crippen molar-refractivity contribution in [2.75, 3.05) is 13.2 Å². The van der Waals surface area contributed by atoms with Crippen LogP contribution in [0.2, 0.25) is 19.6 Å². The Hall–Kier alpha value is 0.297. The molecule has 116 valence electrons. The summed E-state index contributed by atoms with van der Waals surface area (Å²) in [6.07, 6.45) is 0.933. The Kier molecular flexibility index (Phi) is 7.46. The van der Waals surface area contributed by atoms with Gasteiger partial charge in [-0.05, 0) is 32.6 Å². The van der Waals surface area contributed by atoms with E-state index in [9.17, 15) is 4.57 Å². The zero-order valence-corrected chi connectivity index (χ0v) is 15.4. The average Bonchev–Trinajstić information content (AvgIpc) is 2.24. The van der Waals surface area contributed by atoms with E-state index >= 15 is 4.39 Å². The summed E-state index contributed by atoms with van der Waals surface area (Å²) < 4.78 is 39.1. The van der Waals surface area contributed by atoms with Crippen LogP contribution < -0.4 is 0 Å². The molecular weight excluding hydrogens is 282 g/mol. The van der Waals surface area contributed by atoms with Crippen LogP contribution in [0.4, 0.5) is 4.39 Å². The maximum absolute atomic E-state index is 15.6. The second-order valence-electron chi connectivity index (χ2n) is 6.27. The third kappa shape index (κ3) is 4.66. The van der Waals surface area contributed by atoms with Crippen LogP contribution in [-0.4, -0.2) is 26.3 Å². The van der Waals surface area contributed by atoms with Crippen LogP contribution in [0.5, 0.6) is 0 Å². The lowest BCUT2D eigenvalue weighted by molar-refractivity contribution is 0.166. The molecule has 0 saturated carbocycles. The monoisotopic (exact) mass is 312 g/mol. The van der Waals surface area contributed by atoms with Gasteiger partial charge in [-0.2, -0.15) is 0 Å². The quantitative estimate of drug-likeness (QED) is 0.432. The van der Waals surface area contributed by atoms with Gasteiger partial charge in [0, 0.05) is 0 Å². The minimum absolute atomic E-state index is 0.203. The molecule has 0 bridgehead atoms. The van der Waals surface area contributed by atoms with Gasteiger partial charge in [-0.3, -0.25) is 4.57 Å². The minimum Gasteiger partial charge on any atom is -0.307 e. The maximum atomic E-state index is 15.6. The van der Waals surface area contributed by atoms with E-state index in [1.54, 1.807) is 13.8 Å². The van der Waals surface area contributed by atoms with Gasteiger partial charge in [-0.1, -0.05) is 33.5 Å². The molecule has 0 radical (unpaired) electrons. The Morgan fingerprint density at radius 3 is 1.84 bits per heavy atom. The summed E-state index contributed by atoms with van der Waals surface area (Å²) in [6.45, 7) is 13.6. The zero-order chi connectivity index (χ0) is 15.3. The number of rotatable bonds is 9. The van der Waals surface area contributed by atoms with Crippen LogP contribution in [0.25, 0.3) is 0 Å². The first kappa shape index (κ1) is 19.3. The molecule has 0 heterocycles. The van der Waals surface area contributed by atoms with Crippen LogP contribution in [0.15, 0.2) is 0 Å². The van der Waals surface area contributed by atoms with Gasteiger partial charge < -0.3 is 9.05 Å². The van der Waals surface area contributed by atoms with Crippen LogP contribution in [0, 0.1) is 5.92 Å². The molecule has 3 nitrogen and oxygen atoms in total. The molecule has 0 aliphatic carbocycles. The van der Waals surface area contributed by atoms with Crippen molar-refractivity contribution in [3.63, 3.8) is 0 Å². The lowest BCUT2D eigenvalue weighted by atomic mass is 10.1. The van der Waals surface area contributed by atoms with Crippen LogP contribution in [0.3, 0.4) is 0 Å². The van der Waals surface area contributed by atoms with Crippen LogP contribution >= 0.6 is 7.60 Å². The fourth-order valence-corrected chi connectivity index (χ4v) is 8.12. The predicted octanol–water partition coefficient (Wildman–Crippen LogP) is 5.23. The first-order chi connectivity index (χ1) is 8.54. The molecule has 0 saturated heterocycles. The van der Waals surface area contributed by atoms with Crippen molar-refractivity contribution >= 4 is 15.7 Å². The van der Waals surface area contributed by atoms with Gasteiger partial charge in [-0.25, -0.2) is 4.39 Å². The fraction of sp³-hybridized carbons (Fsp3) is 1.00. The highest BCUT2D eigenvalue weighted by atomic mass is 31.2. The van der Waals surface area contributed by atoms with Crippen molar-refractivity contribution in [2.45, 2.75) is 65.2 Å². The van der Waals surface area contributed by atoms with Gasteiger partial charge in [0.15, 0.2) is 5.03 Å². The molecule has 19 heavy (non-hydrogen) atoms. The normalized spacial score (nSPS) is 16.7. The maximum Gasteiger partial charge on any atom is 0.363 e. The highest BCUT2D eigenvalue weighted by molar-refractivity contribution is 7.59. The summed E-state index contributed by atoms with van der Waals surface area (Å²) in [6, 6.07) is 0. The molecule has 0 rings (SSSR count). The molecule has 0 aromatic carbocycles. The summed E-state index contributed by atoms with van der Waals surface area (Å²) in [5.41, 5.74) is 0. The zero-order valence-electron chi connectivity index (χ0n) is 13.5. The van der Waals surface area contributed by atoms with E-state index < -0.39 is 20.7 Å². The molecule has 0 aromatic heterocycles. The lowest BCUT2D eigenvalue weighted by Gasteiger charge is -2.40. The third-order valence-electron chi connectivity index (χ3n) is 3.23. The Morgan fingerprint density at radius 2 is 1.58 bits per heavy atom. The highest BCUT2D eigenvalue weighted by Crippen LogP contribution is 2.66. The molecule has 1 atom stereocenters. The van der Waals surface area contributed by atoms with Gasteiger partial charge in [-0.15, -0.1) is 0 Å². The van der Waals surface area contributed by atoms with Gasteiger partial charge in [0.25, 0.3) is 0 Å². The van der Waals surface area contributed by atoms with Gasteiger partial charge in [0.1, 0.15) is 8.07 Å². The number of hydrogen-bond acceptors (Lipinski definition) is 3. The standard InChI is InChI=1S/C13H30FO3PSi/c1-8-16-18(15,17-9-2)13(14,19(5,6)7)11-10-12(3)4/h12H,8-11H2,1-7H3. The first-order valence-corrected chi connectivity index (χ1v) is 12.2. The van der Waals surface area contributed by atoms with E-state index in [4.69, 9.17) is 9.05 Å². The van der Waals surface area contributed by atoms with Crippen LogP contribution in [0.1, 0.15) is 40.5 Å². The summed E-state index contributed by atoms with van der Waals surface area (Å²) >= 11 is 0. The van der Waals surface area contributed by atoms with E-state index in [1.165, 1.54) is 0 Å². The number of halogens is 1. The Labute approximate surface area is 118 Å². The number of hydrogen-bond donors (Lipinski definition) is 0. The van der Waals surface area contributed by atoms with E-state index in [-0.39, 0.29) is 19.6 Å². The molecule has 0 aliphatic rings. The van der Waals surface area contributed by atoms with E-state index in [0.717, 1.165) is 0 Å². The smallest absolute Gasteiger partial charge is 0.307 e. The SMILES string of the molecule is CCOP(=O)(OCC)C(F)(CCC(C)C)[Si](C)(C)C. The van der Waals surface area contributed by atoms with Gasteiger partial charge >= 0.3 is 7.60 Å². The molecular formula is C13H30FO3PSi. The summed E-state index contributed by atoms with van der Waals surface area (Å²) in [5.74, 6) is 0.364. The van der Waals surface area contributed by atoms with Crippen LogP contribution in [-0.2, 0) is 13.6 Å². The van der Waals surface area contributed by atoms with Crippen molar-refractivity contribution in [3.8, 4) is 0 Å². The Balaban J connectivity index is 5.47. The van der Waals surface area contributed by atoms with Crippen molar-refractivity contribution in [1.29, 1.82) is 0 Å². The van der Waals surface area contributed by atoms with Gasteiger partial charge in [0.05, 0.1) is 13.2 Å². The summed E-state index contributed by atoms with van der Waals surface area (Å²) in [4.78, 5) is 0. The largest absolute Gasteiger partial charge is 0.363 e. The lowest BCUT2D eigenvalue weighted by Crippen LogP contribution is -2.49. The highest BCUT2D eigenvalue weighted by Gasteiger charge is 2.59. The summed E-state index contributed by atoms with van der Waals surface area (Å²) in [7, 11) is -6.09.